The van der Waals surface area contributed by atoms with Crippen molar-refractivity contribution in [3.63, 3.8) is 0 Å². The Kier molecular flexibility index (Phi) is 3.81. The number of amides is 2. The number of hydrogen-bond acceptors (Lipinski definition) is 3. The summed E-state index contributed by atoms with van der Waals surface area (Å²) >= 11 is 0. The van der Waals surface area contributed by atoms with Crippen LogP contribution < -0.4 is 0 Å². The molecular formula is C18H22N2O3. The molecule has 122 valence electrons. The number of hydrogen-bond donors (Lipinski definition) is 0. The maximum absolute atomic E-state index is 12.5. The second-order valence-corrected chi connectivity index (χ2v) is 6.84. The molecule has 1 unspecified atom stereocenters. The highest BCUT2D eigenvalue weighted by molar-refractivity contribution is 5.90. The molecule has 1 atom stereocenters. The van der Waals surface area contributed by atoms with E-state index in [4.69, 9.17) is 4.74 Å². The molecule has 1 aliphatic carbocycles. The molecule has 4 rings (SSSR count). The lowest BCUT2D eigenvalue weighted by molar-refractivity contribution is -0.150. The summed E-state index contributed by atoms with van der Waals surface area (Å²) in [4.78, 5) is 28.2. The molecule has 1 aromatic rings. The number of nitrogens with zero attached hydrogens (tertiary/aromatic N) is 2. The van der Waals surface area contributed by atoms with Gasteiger partial charge in [-0.25, -0.2) is 0 Å². The summed E-state index contributed by atoms with van der Waals surface area (Å²) in [6, 6.07) is 10.5. The molecule has 5 heteroatoms. The molecule has 2 heterocycles. The third-order valence-corrected chi connectivity index (χ3v) is 4.98. The fourth-order valence-electron chi connectivity index (χ4n) is 3.41. The summed E-state index contributed by atoms with van der Waals surface area (Å²) in [5.41, 5.74) is 1.15. The Bertz CT molecular complexity index is 594. The monoisotopic (exact) mass is 314 g/mol. The van der Waals surface area contributed by atoms with Gasteiger partial charge in [0.25, 0.3) is 0 Å². The lowest BCUT2D eigenvalue weighted by atomic mass is 10.0. The van der Waals surface area contributed by atoms with Gasteiger partial charge in [0, 0.05) is 32.1 Å². The number of carbonyl (C=O) groups excluding carboxylic acids is 2. The highest BCUT2D eigenvalue weighted by Crippen LogP contribution is 2.33. The van der Waals surface area contributed by atoms with Crippen LogP contribution in [-0.4, -0.2) is 53.4 Å². The summed E-state index contributed by atoms with van der Waals surface area (Å²) in [5.74, 6) is 0.141. The van der Waals surface area contributed by atoms with Crippen molar-refractivity contribution in [2.24, 2.45) is 5.92 Å². The van der Waals surface area contributed by atoms with Gasteiger partial charge < -0.3 is 14.5 Å². The number of likely N-dealkylation sites (tertiary alicyclic amines) is 2. The maximum Gasteiger partial charge on any atom is 0.228 e. The number of benzene rings is 1. The van der Waals surface area contributed by atoms with E-state index in [9.17, 15) is 9.59 Å². The van der Waals surface area contributed by atoms with Crippen LogP contribution in [0, 0.1) is 5.92 Å². The third kappa shape index (κ3) is 3.11. The maximum atomic E-state index is 12.5. The first-order valence-electron chi connectivity index (χ1n) is 8.44. The van der Waals surface area contributed by atoms with Crippen LogP contribution in [0.3, 0.4) is 0 Å². The molecule has 3 fully saturated rings. The van der Waals surface area contributed by atoms with Gasteiger partial charge in [-0.15, -0.1) is 0 Å². The highest BCUT2D eigenvalue weighted by Gasteiger charge is 2.44. The van der Waals surface area contributed by atoms with E-state index in [0.717, 1.165) is 18.4 Å². The normalized spacial score (nSPS) is 24.9. The average Bonchev–Trinajstić information content (AvgIpc) is 3.29. The van der Waals surface area contributed by atoms with Crippen molar-refractivity contribution in [3.05, 3.63) is 35.9 Å². The molecule has 0 radical (unpaired) electrons. The van der Waals surface area contributed by atoms with Crippen molar-refractivity contribution in [3.8, 4) is 0 Å². The predicted molar refractivity (Wildman–Crippen MR) is 84.4 cm³/mol. The topological polar surface area (TPSA) is 49.9 Å². The van der Waals surface area contributed by atoms with E-state index in [1.165, 1.54) is 0 Å². The van der Waals surface area contributed by atoms with E-state index in [1.807, 2.05) is 40.1 Å². The molecule has 0 N–H and O–H groups in total. The van der Waals surface area contributed by atoms with E-state index < -0.39 is 0 Å². The van der Waals surface area contributed by atoms with Crippen molar-refractivity contribution < 1.29 is 14.3 Å². The van der Waals surface area contributed by atoms with Crippen LogP contribution in [0.25, 0.3) is 0 Å². The van der Waals surface area contributed by atoms with Crippen molar-refractivity contribution in [2.45, 2.75) is 38.0 Å². The number of ether oxygens (including phenoxy) is 1. The van der Waals surface area contributed by atoms with Gasteiger partial charge in [-0.3, -0.25) is 9.59 Å². The van der Waals surface area contributed by atoms with Crippen LogP contribution in [0.4, 0.5) is 0 Å². The van der Waals surface area contributed by atoms with E-state index >= 15 is 0 Å². The third-order valence-electron chi connectivity index (χ3n) is 4.98. The molecule has 1 aromatic carbocycles. The number of rotatable bonds is 5. The molecule has 23 heavy (non-hydrogen) atoms. The van der Waals surface area contributed by atoms with Gasteiger partial charge in [0.15, 0.2) is 0 Å². The zero-order valence-corrected chi connectivity index (χ0v) is 13.2. The fourth-order valence-corrected chi connectivity index (χ4v) is 3.41. The molecule has 2 amide bonds. The minimum absolute atomic E-state index is 0.121. The van der Waals surface area contributed by atoms with Crippen LogP contribution >= 0.6 is 0 Å². The van der Waals surface area contributed by atoms with E-state index in [0.29, 0.717) is 38.7 Å². The SMILES string of the molecule is O=C(C1CC(=O)N(C2CC2)C1)N1CC(OCc2ccccc2)C1. The summed E-state index contributed by atoms with van der Waals surface area (Å²) in [5, 5.41) is 0. The minimum Gasteiger partial charge on any atom is -0.370 e. The Morgan fingerprint density at radius 3 is 2.57 bits per heavy atom. The molecule has 1 saturated carbocycles. The van der Waals surface area contributed by atoms with Crippen molar-refractivity contribution in [1.29, 1.82) is 0 Å². The smallest absolute Gasteiger partial charge is 0.228 e. The fraction of sp³-hybridized carbons (Fsp3) is 0.556. The number of carbonyl (C=O) groups is 2. The quantitative estimate of drug-likeness (QED) is 0.826. The first-order valence-corrected chi connectivity index (χ1v) is 8.44. The van der Waals surface area contributed by atoms with Gasteiger partial charge in [0.2, 0.25) is 11.8 Å². The van der Waals surface area contributed by atoms with E-state index in [1.54, 1.807) is 0 Å². The van der Waals surface area contributed by atoms with Crippen molar-refractivity contribution in [1.82, 2.24) is 9.80 Å². The van der Waals surface area contributed by atoms with Crippen molar-refractivity contribution >= 4 is 11.8 Å². The first-order chi connectivity index (χ1) is 11.2. The molecule has 2 aliphatic heterocycles. The highest BCUT2D eigenvalue weighted by atomic mass is 16.5. The van der Waals surface area contributed by atoms with Crippen LogP contribution in [0.1, 0.15) is 24.8 Å². The van der Waals surface area contributed by atoms with Crippen molar-refractivity contribution in [2.75, 3.05) is 19.6 Å². The summed E-state index contributed by atoms with van der Waals surface area (Å²) in [7, 11) is 0. The molecule has 0 spiro atoms. The van der Waals surface area contributed by atoms with Gasteiger partial charge in [-0.2, -0.15) is 0 Å². The molecular weight excluding hydrogens is 292 g/mol. The Morgan fingerprint density at radius 2 is 1.87 bits per heavy atom. The zero-order chi connectivity index (χ0) is 15.8. The molecule has 2 saturated heterocycles. The van der Waals surface area contributed by atoms with E-state index in [2.05, 4.69) is 0 Å². The molecule has 3 aliphatic rings. The first kappa shape index (κ1) is 14.7. The predicted octanol–water partition coefficient (Wildman–Crippen LogP) is 1.42. The van der Waals surface area contributed by atoms with Crippen LogP contribution in [0.2, 0.25) is 0 Å². The van der Waals surface area contributed by atoms with Gasteiger partial charge in [0.1, 0.15) is 0 Å². The molecule has 5 nitrogen and oxygen atoms in total. The van der Waals surface area contributed by atoms with E-state index in [-0.39, 0.29) is 23.8 Å². The van der Waals surface area contributed by atoms with Gasteiger partial charge >= 0.3 is 0 Å². The van der Waals surface area contributed by atoms with Gasteiger partial charge in [-0.1, -0.05) is 30.3 Å². The molecule has 0 bridgehead atoms. The summed E-state index contributed by atoms with van der Waals surface area (Å²) < 4.78 is 5.83. The second kappa shape index (κ2) is 5.96. The molecule has 0 aromatic heterocycles. The van der Waals surface area contributed by atoms with Crippen LogP contribution in [0.5, 0.6) is 0 Å². The van der Waals surface area contributed by atoms with Crippen LogP contribution in [-0.2, 0) is 20.9 Å². The Hall–Kier alpha value is -1.88. The lowest BCUT2D eigenvalue weighted by Crippen LogP contribution is -2.56. The van der Waals surface area contributed by atoms with Gasteiger partial charge in [0.05, 0.1) is 18.6 Å². The average molecular weight is 314 g/mol. The van der Waals surface area contributed by atoms with Crippen LogP contribution in [0.15, 0.2) is 30.3 Å². The summed E-state index contributed by atoms with van der Waals surface area (Å²) in [6.45, 7) is 2.51. The van der Waals surface area contributed by atoms with Gasteiger partial charge in [-0.05, 0) is 18.4 Å². The largest absolute Gasteiger partial charge is 0.370 e. The standard InChI is InChI=1S/C18H22N2O3/c21-17-8-14(9-20(17)15-6-7-15)18(22)19-10-16(11-19)23-12-13-4-2-1-3-5-13/h1-5,14-16H,6-12H2. The Labute approximate surface area is 136 Å². The lowest BCUT2D eigenvalue weighted by Gasteiger charge is -2.40. The Morgan fingerprint density at radius 1 is 1.13 bits per heavy atom. The summed E-state index contributed by atoms with van der Waals surface area (Å²) in [6.07, 6.45) is 2.72. The Balaban J connectivity index is 1.22. The minimum atomic E-state index is -0.141. The zero-order valence-electron chi connectivity index (χ0n) is 13.2. The second-order valence-electron chi connectivity index (χ2n) is 6.84.